The molecule has 0 aliphatic rings. The highest BCUT2D eigenvalue weighted by Gasteiger charge is 2.36. The summed E-state index contributed by atoms with van der Waals surface area (Å²) in [7, 11) is 0. The van der Waals surface area contributed by atoms with Crippen LogP contribution in [0.15, 0.2) is 30.3 Å². The number of rotatable bonds is 18. The van der Waals surface area contributed by atoms with Crippen LogP contribution in [0.3, 0.4) is 0 Å². The van der Waals surface area contributed by atoms with Crippen molar-refractivity contribution in [3.05, 3.63) is 35.9 Å². The number of unbranched alkanes of at least 4 members (excludes halogenated alkanes) is 10. The molecule has 1 heteroatoms. The summed E-state index contributed by atoms with van der Waals surface area (Å²) in [4.78, 5) is 0. The van der Waals surface area contributed by atoms with Gasteiger partial charge in [-0.25, -0.2) is 0 Å². The zero-order valence-electron chi connectivity index (χ0n) is 19.4. The molecule has 1 aromatic rings. The van der Waals surface area contributed by atoms with Crippen molar-refractivity contribution in [2.24, 2.45) is 5.73 Å². The van der Waals surface area contributed by atoms with Gasteiger partial charge in [0.15, 0.2) is 0 Å². The van der Waals surface area contributed by atoms with E-state index >= 15 is 0 Å². The van der Waals surface area contributed by atoms with E-state index in [0.29, 0.717) is 0 Å². The molecule has 0 radical (unpaired) electrons. The van der Waals surface area contributed by atoms with Crippen LogP contribution in [0.2, 0.25) is 0 Å². The lowest BCUT2D eigenvalue weighted by atomic mass is 9.67. The summed E-state index contributed by atoms with van der Waals surface area (Å²) in [6.45, 7) is 6.91. The molecule has 0 spiro atoms. The van der Waals surface area contributed by atoms with E-state index in [0.717, 1.165) is 0 Å². The fourth-order valence-electron chi connectivity index (χ4n) is 4.97. The minimum Gasteiger partial charge on any atom is -0.327 e. The van der Waals surface area contributed by atoms with Gasteiger partial charge in [-0.15, -0.1) is 0 Å². The van der Waals surface area contributed by atoms with Crippen molar-refractivity contribution in [2.45, 2.75) is 135 Å². The van der Waals surface area contributed by atoms with Gasteiger partial charge < -0.3 is 5.73 Å². The zero-order chi connectivity index (χ0) is 20.5. The maximum absolute atomic E-state index is 6.88. The molecular weight excluding hydrogens is 338 g/mol. The lowest BCUT2D eigenvalue weighted by Crippen LogP contribution is -2.45. The summed E-state index contributed by atoms with van der Waals surface area (Å²) in [5.41, 5.74) is 8.51. The third-order valence-electron chi connectivity index (χ3n) is 6.57. The molecule has 0 fully saturated rings. The standard InChI is InChI=1S/C27H49N/c1-4-7-8-9-10-11-12-13-14-15-19-22-26(28)27(23-5-2,24-6-3)25-20-17-16-18-21-25/h16-18,20-21,26H,4-15,19,22-24,28H2,1-3H3. The van der Waals surface area contributed by atoms with Crippen molar-refractivity contribution in [3.8, 4) is 0 Å². The highest BCUT2D eigenvalue weighted by atomic mass is 14.7. The van der Waals surface area contributed by atoms with Crippen molar-refractivity contribution < 1.29 is 0 Å². The van der Waals surface area contributed by atoms with Crippen LogP contribution < -0.4 is 5.73 Å². The van der Waals surface area contributed by atoms with Gasteiger partial charge in [-0.1, -0.05) is 135 Å². The summed E-state index contributed by atoms with van der Waals surface area (Å²) < 4.78 is 0. The van der Waals surface area contributed by atoms with E-state index in [9.17, 15) is 0 Å². The van der Waals surface area contributed by atoms with Crippen LogP contribution in [-0.2, 0) is 5.41 Å². The van der Waals surface area contributed by atoms with Gasteiger partial charge in [0, 0.05) is 11.5 Å². The molecule has 0 aliphatic carbocycles. The molecule has 0 heterocycles. The molecule has 1 rings (SSSR count). The van der Waals surface area contributed by atoms with Gasteiger partial charge >= 0.3 is 0 Å². The summed E-state index contributed by atoms with van der Waals surface area (Å²) in [6.07, 6.45) is 21.4. The highest BCUT2D eigenvalue weighted by molar-refractivity contribution is 5.27. The van der Waals surface area contributed by atoms with Gasteiger partial charge in [-0.05, 0) is 24.8 Å². The van der Waals surface area contributed by atoms with E-state index in [1.54, 1.807) is 0 Å². The molecule has 1 atom stereocenters. The predicted molar refractivity (Wildman–Crippen MR) is 127 cm³/mol. The van der Waals surface area contributed by atoms with Crippen molar-refractivity contribution >= 4 is 0 Å². The Kier molecular flexibility index (Phi) is 14.4. The number of nitrogens with two attached hydrogens (primary N) is 1. The van der Waals surface area contributed by atoms with Crippen LogP contribution in [-0.4, -0.2) is 6.04 Å². The maximum Gasteiger partial charge on any atom is 0.0136 e. The average Bonchev–Trinajstić information content (AvgIpc) is 2.72. The van der Waals surface area contributed by atoms with Crippen LogP contribution in [0.4, 0.5) is 0 Å². The SMILES string of the molecule is CCCCCCCCCCCCCC(N)C(CCC)(CCC)c1ccccc1. The Hall–Kier alpha value is -0.820. The molecule has 1 unspecified atom stereocenters. The molecular formula is C27H49N. The largest absolute Gasteiger partial charge is 0.327 e. The summed E-state index contributed by atoms with van der Waals surface area (Å²) in [5.74, 6) is 0. The van der Waals surface area contributed by atoms with Gasteiger partial charge in [0.05, 0.1) is 0 Å². The maximum atomic E-state index is 6.88. The normalized spacial score (nSPS) is 13.0. The van der Waals surface area contributed by atoms with E-state index < -0.39 is 0 Å². The van der Waals surface area contributed by atoms with Gasteiger partial charge in [0.1, 0.15) is 0 Å². The zero-order valence-corrected chi connectivity index (χ0v) is 19.4. The van der Waals surface area contributed by atoms with Crippen molar-refractivity contribution in [1.82, 2.24) is 0 Å². The molecule has 0 aliphatic heterocycles. The Morgan fingerprint density at radius 2 is 1.11 bits per heavy atom. The molecule has 162 valence electrons. The minimum atomic E-state index is 0.170. The molecule has 1 aromatic carbocycles. The van der Waals surface area contributed by atoms with Gasteiger partial charge in [0.2, 0.25) is 0 Å². The molecule has 0 bridgehead atoms. The van der Waals surface area contributed by atoms with Crippen LogP contribution in [0.25, 0.3) is 0 Å². The third kappa shape index (κ3) is 9.12. The quantitative estimate of drug-likeness (QED) is 0.251. The van der Waals surface area contributed by atoms with Crippen LogP contribution in [0.1, 0.15) is 129 Å². The first kappa shape index (κ1) is 25.2. The molecule has 2 N–H and O–H groups in total. The van der Waals surface area contributed by atoms with Gasteiger partial charge in [-0.3, -0.25) is 0 Å². The van der Waals surface area contributed by atoms with Crippen LogP contribution >= 0.6 is 0 Å². The van der Waals surface area contributed by atoms with Crippen molar-refractivity contribution in [3.63, 3.8) is 0 Å². The van der Waals surface area contributed by atoms with E-state index in [-0.39, 0.29) is 11.5 Å². The summed E-state index contributed by atoms with van der Waals surface area (Å²) in [5, 5.41) is 0. The second-order valence-electron chi connectivity index (χ2n) is 8.95. The van der Waals surface area contributed by atoms with Crippen molar-refractivity contribution in [1.29, 1.82) is 0 Å². The molecule has 0 saturated carbocycles. The topological polar surface area (TPSA) is 26.0 Å². The Morgan fingerprint density at radius 3 is 1.57 bits per heavy atom. The molecule has 0 aromatic heterocycles. The highest BCUT2D eigenvalue weighted by Crippen LogP contribution is 2.38. The monoisotopic (exact) mass is 387 g/mol. The second kappa shape index (κ2) is 16.0. The van der Waals surface area contributed by atoms with Crippen LogP contribution in [0, 0.1) is 0 Å². The van der Waals surface area contributed by atoms with E-state index in [4.69, 9.17) is 5.73 Å². The summed E-state index contributed by atoms with van der Waals surface area (Å²) >= 11 is 0. The van der Waals surface area contributed by atoms with E-state index in [1.165, 1.54) is 108 Å². The fraction of sp³-hybridized carbons (Fsp3) is 0.778. The lowest BCUT2D eigenvalue weighted by molar-refractivity contribution is 0.272. The lowest BCUT2D eigenvalue weighted by Gasteiger charge is -2.40. The Balaban J connectivity index is 2.34. The third-order valence-corrected chi connectivity index (χ3v) is 6.57. The Bertz CT molecular complexity index is 447. The van der Waals surface area contributed by atoms with Crippen LogP contribution in [0.5, 0.6) is 0 Å². The first-order chi connectivity index (χ1) is 13.7. The van der Waals surface area contributed by atoms with Crippen molar-refractivity contribution in [2.75, 3.05) is 0 Å². The summed E-state index contributed by atoms with van der Waals surface area (Å²) in [6, 6.07) is 11.4. The Labute approximate surface area is 176 Å². The Morgan fingerprint density at radius 1 is 0.643 bits per heavy atom. The number of hydrogen-bond acceptors (Lipinski definition) is 1. The molecule has 0 saturated heterocycles. The molecule has 28 heavy (non-hydrogen) atoms. The molecule has 1 nitrogen and oxygen atoms in total. The molecule has 0 amide bonds. The first-order valence-electron chi connectivity index (χ1n) is 12.5. The average molecular weight is 388 g/mol. The smallest absolute Gasteiger partial charge is 0.0136 e. The number of hydrogen-bond donors (Lipinski definition) is 1. The second-order valence-corrected chi connectivity index (χ2v) is 8.95. The minimum absolute atomic E-state index is 0.170. The van der Waals surface area contributed by atoms with E-state index in [2.05, 4.69) is 51.1 Å². The van der Waals surface area contributed by atoms with Gasteiger partial charge in [-0.2, -0.15) is 0 Å². The predicted octanol–water partition coefficient (Wildman–Crippen LogP) is 8.55. The fourth-order valence-corrected chi connectivity index (χ4v) is 4.97. The van der Waals surface area contributed by atoms with E-state index in [1.807, 2.05) is 0 Å². The number of benzene rings is 1. The van der Waals surface area contributed by atoms with Gasteiger partial charge in [0.25, 0.3) is 0 Å². The first-order valence-corrected chi connectivity index (χ1v) is 12.5.